The lowest BCUT2D eigenvalue weighted by Crippen LogP contribution is -1.95. The van der Waals surface area contributed by atoms with Crippen molar-refractivity contribution in [2.75, 3.05) is 7.11 Å². The lowest BCUT2D eigenvalue weighted by Gasteiger charge is -2.10. The molecule has 0 N–H and O–H groups in total. The van der Waals surface area contributed by atoms with E-state index in [1.807, 2.05) is 13.0 Å². The van der Waals surface area contributed by atoms with Crippen molar-refractivity contribution in [3.8, 4) is 5.75 Å². The van der Waals surface area contributed by atoms with Gasteiger partial charge in [-0.05, 0) is 38.0 Å². The Labute approximate surface area is 102 Å². The van der Waals surface area contributed by atoms with E-state index in [1.54, 1.807) is 7.11 Å². The number of carbonyl (C=O) groups excluding carboxylic acids is 1. The third kappa shape index (κ3) is 2.12. The van der Waals surface area contributed by atoms with Crippen LogP contribution in [0.4, 0.5) is 0 Å². The molecule has 0 fully saturated rings. The van der Waals surface area contributed by atoms with Crippen LogP contribution in [0.5, 0.6) is 5.75 Å². The smallest absolute Gasteiger partial charge is 0.164 e. The largest absolute Gasteiger partial charge is 0.496 e. The number of methoxy groups -OCH3 is 1. The van der Waals surface area contributed by atoms with E-state index in [0.717, 1.165) is 22.4 Å². The predicted molar refractivity (Wildman–Crippen MR) is 68.9 cm³/mol. The van der Waals surface area contributed by atoms with Crippen LogP contribution in [0.2, 0.25) is 0 Å². The van der Waals surface area contributed by atoms with Crippen molar-refractivity contribution in [1.82, 2.24) is 0 Å². The van der Waals surface area contributed by atoms with Gasteiger partial charge in [0.05, 0.1) is 7.11 Å². The quantitative estimate of drug-likeness (QED) is 0.725. The van der Waals surface area contributed by atoms with E-state index in [0.29, 0.717) is 6.42 Å². The number of Topliss-reactive ketones (excluding diaryl/α,β-unsaturated/α-hetero) is 1. The first-order chi connectivity index (χ1) is 8.02. The Balaban J connectivity index is 2.52. The Kier molecular flexibility index (Phi) is 3.05. The van der Waals surface area contributed by atoms with Crippen LogP contribution in [-0.4, -0.2) is 12.9 Å². The Morgan fingerprint density at radius 2 is 2.12 bits per heavy atom. The first kappa shape index (κ1) is 11.9. The number of benzene rings is 1. The van der Waals surface area contributed by atoms with Gasteiger partial charge in [0.1, 0.15) is 5.75 Å². The summed E-state index contributed by atoms with van der Waals surface area (Å²) in [7, 11) is 1.64. The Morgan fingerprint density at radius 3 is 2.71 bits per heavy atom. The fourth-order valence-corrected chi connectivity index (χ4v) is 2.45. The molecule has 2 nitrogen and oxygen atoms in total. The molecule has 0 spiro atoms. The molecule has 90 valence electrons. The molecule has 0 unspecified atom stereocenters. The monoisotopic (exact) mass is 230 g/mol. The maximum absolute atomic E-state index is 12.0. The van der Waals surface area contributed by atoms with Crippen molar-refractivity contribution in [1.29, 1.82) is 0 Å². The fourth-order valence-electron chi connectivity index (χ4n) is 2.45. The first-order valence-electron chi connectivity index (χ1n) is 5.89. The second-order valence-corrected chi connectivity index (χ2v) is 4.89. The molecule has 0 heterocycles. The van der Waals surface area contributed by atoms with Crippen LogP contribution in [0.15, 0.2) is 23.8 Å². The fraction of sp³-hybridized carbons (Fsp3) is 0.400. The van der Waals surface area contributed by atoms with E-state index in [9.17, 15) is 4.79 Å². The lowest BCUT2D eigenvalue weighted by atomic mass is 9.97. The zero-order valence-electron chi connectivity index (χ0n) is 10.8. The predicted octanol–water partition coefficient (Wildman–Crippen LogP) is 3.64. The molecule has 2 heteroatoms. The lowest BCUT2D eigenvalue weighted by molar-refractivity contribution is 0.0991. The molecule has 1 atom stereocenters. The molecule has 0 radical (unpaired) electrons. The maximum atomic E-state index is 12.0. The molecule has 0 bridgehead atoms. The van der Waals surface area contributed by atoms with Gasteiger partial charge in [-0.25, -0.2) is 0 Å². The third-order valence-electron chi connectivity index (χ3n) is 3.21. The minimum absolute atomic E-state index is 0.223. The van der Waals surface area contributed by atoms with Crippen LogP contribution in [0.3, 0.4) is 0 Å². The van der Waals surface area contributed by atoms with Gasteiger partial charge in [-0.15, -0.1) is 0 Å². The van der Waals surface area contributed by atoms with Gasteiger partial charge in [-0.2, -0.15) is 0 Å². The van der Waals surface area contributed by atoms with Crippen LogP contribution in [0.1, 0.15) is 47.7 Å². The highest BCUT2D eigenvalue weighted by Gasteiger charge is 2.28. The van der Waals surface area contributed by atoms with Gasteiger partial charge in [0.15, 0.2) is 5.78 Å². The summed E-state index contributed by atoms with van der Waals surface area (Å²) in [5.41, 5.74) is 4.32. The summed E-state index contributed by atoms with van der Waals surface area (Å²) in [5.74, 6) is 1.27. The van der Waals surface area contributed by atoms with E-state index in [2.05, 4.69) is 26.0 Å². The summed E-state index contributed by atoms with van der Waals surface area (Å²) in [5, 5.41) is 0. The van der Waals surface area contributed by atoms with Crippen molar-refractivity contribution in [3.05, 3.63) is 40.5 Å². The van der Waals surface area contributed by atoms with Gasteiger partial charge in [0.2, 0.25) is 0 Å². The van der Waals surface area contributed by atoms with Gasteiger partial charge in [-0.1, -0.05) is 17.7 Å². The highest BCUT2D eigenvalue weighted by atomic mass is 16.5. The summed E-state index contributed by atoms with van der Waals surface area (Å²) in [6, 6.07) is 3.97. The van der Waals surface area contributed by atoms with Crippen molar-refractivity contribution in [3.63, 3.8) is 0 Å². The van der Waals surface area contributed by atoms with Crippen LogP contribution >= 0.6 is 0 Å². The number of hydrogen-bond donors (Lipinski definition) is 0. The van der Waals surface area contributed by atoms with E-state index < -0.39 is 0 Å². The third-order valence-corrected chi connectivity index (χ3v) is 3.21. The number of hydrogen-bond acceptors (Lipinski definition) is 2. The molecular weight excluding hydrogens is 212 g/mol. The van der Waals surface area contributed by atoms with Crippen LogP contribution < -0.4 is 4.74 Å². The van der Waals surface area contributed by atoms with E-state index >= 15 is 0 Å². The summed E-state index contributed by atoms with van der Waals surface area (Å²) in [4.78, 5) is 12.0. The van der Waals surface area contributed by atoms with Crippen molar-refractivity contribution in [2.45, 2.75) is 33.1 Å². The molecule has 2 rings (SSSR count). The molecule has 0 amide bonds. The van der Waals surface area contributed by atoms with Gasteiger partial charge in [-0.3, -0.25) is 4.79 Å². The first-order valence-corrected chi connectivity index (χ1v) is 5.89. The van der Waals surface area contributed by atoms with Crippen LogP contribution in [0.25, 0.3) is 0 Å². The second-order valence-electron chi connectivity index (χ2n) is 4.89. The number of rotatable bonds is 2. The molecule has 1 aromatic carbocycles. The molecule has 17 heavy (non-hydrogen) atoms. The molecule has 1 aliphatic rings. The molecule has 0 saturated heterocycles. The topological polar surface area (TPSA) is 26.3 Å². The number of allylic oxidation sites excluding steroid dienone is 2. The van der Waals surface area contributed by atoms with Crippen molar-refractivity contribution < 1.29 is 9.53 Å². The van der Waals surface area contributed by atoms with E-state index in [-0.39, 0.29) is 11.7 Å². The van der Waals surface area contributed by atoms with Gasteiger partial charge in [0.25, 0.3) is 0 Å². The average molecular weight is 230 g/mol. The molecular formula is C15H18O2. The number of ketones is 1. The minimum Gasteiger partial charge on any atom is -0.496 e. The summed E-state index contributed by atoms with van der Waals surface area (Å²) >= 11 is 0. The molecule has 0 aromatic heterocycles. The number of aryl methyl sites for hydroxylation is 1. The number of carbonyl (C=O) groups is 1. The normalized spacial score (nSPS) is 17.9. The van der Waals surface area contributed by atoms with E-state index in [1.165, 1.54) is 5.57 Å². The molecule has 1 aromatic rings. The number of ether oxygens (including phenoxy) is 1. The Morgan fingerprint density at radius 1 is 1.41 bits per heavy atom. The van der Waals surface area contributed by atoms with Crippen LogP contribution in [-0.2, 0) is 0 Å². The Hall–Kier alpha value is -1.57. The van der Waals surface area contributed by atoms with E-state index in [4.69, 9.17) is 4.74 Å². The standard InChI is InChI=1S/C15H18O2/c1-9(2)5-11-7-14(16)13-8-15(17-4)10(3)6-12(11)13/h5-6,8,11H,7H2,1-4H3/t11-/m1/s1. The van der Waals surface area contributed by atoms with Crippen LogP contribution in [0, 0.1) is 6.92 Å². The highest BCUT2D eigenvalue weighted by Crippen LogP contribution is 2.38. The average Bonchev–Trinajstić information content (AvgIpc) is 2.53. The minimum atomic E-state index is 0.223. The molecule has 0 saturated carbocycles. The van der Waals surface area contributed by atoms with Crippen molar-refractivity contribution >= 4 is 5.78 Å². The zero-order chi connectivity index (χ0) is 12.6. The van der Waals surface area contributed by atoms with Crippen molar-refractivity contribution in [2.24, 2.45) is 0 Å². The maximum Gasteiger partial charge on any atom is 0.164 e. The molecule has 1 aliphatic carbocycles. The summed E-state index contributed by atoms with van der Waals surface area (Å²) in [6.07, 6.45) is 2.77. The summed E-state index contributed by atoms with van der Waals surface area (Å²) in [6.45, 7) is 6.15. The number of fused-ring (bicyclic) bond motifs is 1. The van der Waals surface area contributed by atoms with Gasteiger partial charge >= 0.3 is 0 Å². The molecule has 0 aliphatic heterocycles. The second kappa shape index (κ2) is 4.36. The zero-order valence-corrected chi connectivity index (χ0v) is 10.8. The summed E-state index contributed by atoms with van der Waals surface area (Å²) < 4.78 is 5.27. The van der Waals surface area contributed by atoms with Gasteiger partial charge in [0, 0.05) is 17.9 Å². The Bertz CT molecular complexity index is 494. The SMILES string of the molecule is COc1cc2c(cc1C)[C@H](C=C(C)C)CC2=O. The van der Waals surface area contributed by atoms with Gasteiger partial charge < -0.3 is 4.74 Å². The highest BCUT2D eigenvalue weighted by molar-refractivity contribution is 6.02.